The van der Waals surface area contributed by atoms with Gasteiger partial charge >= 0.3 is 0 Å². The Morgan fingerprint density at radius 2 is 1.60 bits per heavy atom. The molecule has 1 N–H and O–H groups in total. The molecule has 0 saturated heterocycles. The number of benzene rings is 2. The molecule has 0 aliphatic carbocycles. The molecule has 2 aromatic carbocycles. The smallest absolute Gasteiger partial charge is 0.242 e. The first-order chi connectivity index (χ1) is 13.9. The number of aryl methyl sites for hydroxylation is 2. The summed E-state index contributed by atoms with van der Waals surface area (Å²) in [6.45, 7) is 11.8. The van der Waals surface area contributed by atoms with E-state index in [1.807, 2.05) is 58.9 Å². The molecule has 2 amide bonds. The normalized spacial score (nSPS) is 12.4. The van der Waals surface area contributed by atoms with Crippen molar-refractivity contribution in [1.29, 1.82) is 0 Å². The molecule has 4 nitrogen and oxygen atoms in total. The number of carbonyl (C=O) groups excluding carboxylic acids is 2. The maximum atomic E-state index is 13.3. The van der Waals surface area contributed by atoms with E-state index < -0.39 is 11.6 Å². The van der Waals surface area contributed by atoms with E-state index in [0.717, 1.165) is 16.7 Å². The van der Waals surface area contributed by atoms with Crippen LogP contribution in [0.5, 0.6) is 0 Å². The van der Waals surface area contributed by atoms with Crippen LogP contribution in [0.25, 0.3) is 0 Å². The van der Waals surface area contributed by atoms with Crippen molar-refractivity contribution in [1.82, 2.24) is 10.2 Å². The third-order valence-electron chi connectivity index (χ3n) is 4.93. The Balaban J connectivity index is 2.30. The number of hydrogen-bond acceptors (Lipinski definition) is 2. The van der Waals surface area contributed by atoms with Gasteiger partial charge in [0, 0.05) is 12.1 Å². The molecule has 0 spiro atoms. The molecular formula is C24H30Cl2N2O2. The molecule has 0 saturated carbocycles. The summed E-state index contributed by atoms with van der Waals surface area (Å²) in [4.78, 5) is 27.7. The number of amides is 2. The van der Waals surface area contributed by atoms with E-state index in [0.29, 0.717) is 10.0 Å². The fourth-order valence-electron chi connectivity index (χ4n) is 3.08. The summed E-state index contributed by atoms with van der Waals surface area (Å²) in [5.41, 5.74) is 3.66. The summed E-state index contributed by atoms with van der Waals surface area (Å²) >= 11 is 12.2. The van der Waals surface area contributed by atoms with Crippen LogP contribution in [0.1, 0.15) is 49.9 Å². The molecule has 0 aliphatic rings. The summed E-state index contributed by atoms with van der Waals surface area (Å²) in [5.74, 6) is -0.322. The SMILES string of the molecule is Cc1ccc(CC(=O)N(Cc2ccc(Cl)c(Cl)c2)C(C)C(=O)NC(C)(C)C)cc1C. The molecule has 1 atom stereocenters. The lowest BCUT2D eigenvalue weighted by atomic mass is 10.0. The highest BCUT2D eigenvalue weighted by Gasteiger charge is 2.28. The molecule has 162 valence electrons. The van der Waals surface area contributed by atoms with Crippen LogP contribution >= 0.6 is 23.2 Å². The van der Waals surface area contributed by atoms with Gasteiger partial charge in [0.15, 0.2) is 0 Å². The number of nitrogens with zero attached hydrogens (tertiary/aromatic N) is 1. The zero-order valence-electron chi connectivity index (χ0n) is 18.5. The molecule has 1 unspecified atom stereocenters. The standard InChI is InChI=1S/C24H30Cl2N2O2/c1-15-7-8-18(11-16(15)2)13-22(29)28(17(3)23(30)27-24(4,5)6)14-19-9-10-20(25)21(26)12-19/h7-12,17H,13-14H2,1-6H3,(H,27,30). The van der Waals surface area contributed by atoms with Gasteiger partial charge in [-0.15, -0.1) is 0 Å². The third kappa shape index (κ3) is 6.75. The van der Waals surface area contributed by atoms with Gasteiger partial charge in [-0.1, -0.05) is 47.5 Å². The minimum atomic E-state index is -0.641. The minimum absolute atomic E-state index is 0.124. The molecule has 0 radical (unpaired) electrons. The molecule has 0 aromatic heterocycles. The summed E-state index contributed by atoms with van der Waals surface area (Å²) in [5, 5.41) is 3.83. The molecule has 6 heteroatoms. The molecule has 30 heavy (non-hydrogen) atoms. The van der Waals surface area contributed by atoms with Crippen LogP contribution in [-0.2, 0) is 22.6 Å². The Hall–Kier alpha value is -2.04. The van der Waals surface area contributed by atoms with Crippen molar-refractivity contribution in [3.05, 3.63) is 68.7 Å². The third-order valence-corrected chi connectivity index (χ3v) is 5.67. The molecule has 2 aromatic rings. The molecule has 2 rings (SSSR count). The first-order valence-electron chi connectivity index (χ1n) is 9.99. The van der Waals surface area contributed by atoms with E-state index in [4.69, 9.17) is 23.2 Å². The maximum absolute atomic E-state index is 13.3. The summed E-state index contributed by atoms with van der Waals surface area (Å²) in [6, 6.07) is 10.6. The second-order valence-corrected chi connectivity index (χ2v) is 9.60. The van der Waals surface area contributed by atoms with E-state index in [9.17, 15) is 9.59 Å². The summed E-state index contributed by atoms with van der Waals surface area (Å²) < 4.78 is 0. The van der Waals surface area contributed by atoms with Crippen LogP contribution in [0.4, 0.5) is 0 Å². The van der Waals surface area contributed by atoms with Gasteiger partial charge in [0.1, 0.15) is 6.04 Å². The van der Waals surface area contributed by atoms with Gasteiger partial charge in [-0.2, -0.15) is 0 Å². The van der Waals surface area contributed by atoms with E-state index in [1.54, 1.807) is 24.0 Å². The zero-order chi connectivity index (χ0) is 22.6. The van der Waals surface area contributed by atoms with E-state index in [1.165, 1.54) is 5.56 Å². The van der Waals surface area contributed by atoms with Crippen LogP contribution in [0.15, 0.2) is 36.4 Å². The number of nitrogens with one attached hydrogen (secondary N) is 1. The minimum Gasteiger partial charge on any atom is -0.350 e. The Kier molecular flexibility index (Phi) is 7.95. The first kappa shape index (κ1) is 24.2. The second-order valence-electron chi connectivity index (χ2n) is 8.78. The highest BCUT2D eigenvalue weighted by Crippen LogP contribution is 2.24. The maximum Gasteiger partial charge on any atom is 0.242 e. The van der Waals surface area contributed by atoms with Crippen LogP contribution in [-0.4, -0.2) is 28.3 Å². The molecule has 0 fully saturated rings. The number of rotatable bonds is 6. The largest absolute Gasteiger partial charge is 0.350 e. The average Bonchev–Trinajstić information content (AvgIpc) is 2.63. The fourth-order valence-corrected chi connectivity index (χ4v) is 3.40. The van der Waals surface area contributed by atoms with Crippen molar-refractivity contribution in [2.24, 2.45) is 0 Å². The Morgan fingerprint density at radius 1 is 0.967 bits per heavy atom. The van der Waals surface area contributed by atoms with Crippen molar-refractivity contribution in [3.8, 4) is 0 Å². The molecule has 0 heterocycles. The summed E-state index contributed by atoms with van der Waals surface area (Å²) in [6.07, 6.45) is 0.218. The number of hydrogen-bond donors (Lipinski definition) is 1. The topological polar surface area (TPSA) is 49.4 Å². The van der Waals surface area contributed by atoms with Crippen LogP contribution in [0.3, 0.4) is 0 Å². The average molecular weight is 449 g/mol. The highest BCUT2D eigenvalue weighted by atomic mass is 35.5. The fraction of sp³-hybridized carbons (Fsp3) is 0.417. The van der Waals surface area contributed by atoms with Gasteiger partial charge in [0.05, 0.1) is 16.5 Å². The lowest BCUT2D eigenvalue weighted by Crippen LogP contribution is -2.52. The molecule has 0 bridgehead atoms. The highest BCUT2D eigenvalue weighted by molar-refractivity contribution is 6.42. The van der Waals surface area contributed by atoms with Gasteiger partial charge in [0.25, 0.3) is 0 Å². The summed E-state index contributed by atoms with van der Waals surface area (Å²) in [7, 11) is 0. The van der Waals surface area contributed by atoms with Gasteiger partial charge in [-0.3, -0.25) is 9.59 Å². The van der Waals surface area contributed by atoms with E-state index >= 15 is 0 Å². The predicted molar refractivity (Wildman–Crippen MR) is 124 cm³/mol. The van der Waals surface area contributed by atoms with Crippen molar-refractivity contribution >= 4 is 35.0 Å². The van der Waals surface area contributed by atoms with E-state index in [-0.39, 0.29) is 24.8 Å². The van der Waals surface area contributed by atoms with Crippen LogP contribution in [0.2, 0.25) is 10.0 Å². The van der Waals surface area contributed by atoms with Crippen molar-refractivity contribution in [2.45, 2.75) is 66.1 Å². The molecule has 0 aliphatic heterocycles. The Bertz CT molecular complexity index is 935. The van der Waals surface area contributed by atoms with Crippen LogP contribution in [0, 0.1) is 13.8 Å². The number of halogens is 2. The number of carbonyl (C=O) groups is 2. The van der Waals surface area contributed by atoms with E-state index in [2.05, 4.69) is 5.32 Å². The van der Waals surface area contributed by atoms with Crippen molar-refractivity contribution < 1.29 is 9.59 Å². The van der Waals surface area contributed by atoms with Crippen molar-refractivity contribution in [2.75, 3.05) is 0 Å². The van der Waals surface area contributed by atoms with Gasteiger partial charge in [-0.05, 0) is 75.9 Å². The monoisotopic (exact) mass is 448 g/mol. The van der Waals surface area contributed by atoms with Crippen LogP contribution < -0.4 is 5.32 Å². The van der Waals surface area contributed by atoms with Crippen molar-refractivity contribution in [3.63, 3.8) is 0 Å². The lowest BCUT2D eigenvalue weighted by Gasteiger charge is -2.31. The quantitative estimate of drug-likeness (QED) is 0.635. The predicted octanol–water partition coefficient (Wildman–Crippen LogP) is 5.48. The van der Waals surface area contributed by atoms with Gasteiger partial charge in [0.2, 0.25) is 11.8 Å². The molecular weight excluding hydrogens is 419 g/mol. The van der Waals surface area contributed by atoms with Gasteiger partial charge in [-0.25, -0.2) is 0 Å². The van der Waals surface area contributed by atoms with Gasteiger partial charge < -0.3 is 10.2 Å². The first-order valence-corrected chi connectivity index (χ1v) is 10.7. The zero-order valence-corrected chi connectivity index (χ0v) is 20.0. The Labute approximate surface area is 189 Å². The second kappa shape index (κ2) is 9.84. The Morgan fingerprint density at radius 3 is 2.17 bits per heavy atom. The lowest BCUT2D eigenvalue weighted by molar-refractivity contribution is -0.140.